The van der Waals surface area contributed by atoms with Crippen molar-refractivity contribution in [1.82, 2.24) is 5.01 Å². The smallest absolute Gasteiger partial charge is 0.275 e. The van der Waals surface area contributed by atoms with E-state index in [4.69, 9.17) is 0 Å². The van der Waals surface area contributed by atoms with Crippen LogP contribution in [0.5, 0.6) is 0 Å². The molecule has 0 bridgehead atoms. The molecule has 0 radical (unpaired) electrons. The van der Waals surface area contributed by atoms with Crippen LogP contribution in [0.25, 0.3) is 0 Å². The van der Waals surface area contributed by atoms with Gasteiger partial charge in [-0.2, -0.15) is 0 Å². The number of non-ortho nitro benzene ring substituents is 1. The Morgan fingerprint density at radius 1 is 1.33 bits per heavy atom. The van der Waals surface area contributed by atoms with Gasteiger partial charge >= 0.3 is 0 Å². The minimum absolute atomic E-state index is 0.411. The first-order chi connectivity index (χ1) is 6.91. The molecule has 0 heterocycles. The molecule has 0 atom stereocenters. The van der Waals surface area contributed by atoms with E-state index in [1.54, 1.807) is 14.1 Å². The lowest BCUT2D eigenvalue weighted by molar-refractivity contribution is -0.385. The summed E-state index contributed by atoms with van der Waals surface area (Å²) in [5.41, 5.74) is 1.34. The Labute approximate surface area is 84.4 Å². The molecule has 0 amide bonds. The molecule has 0 spiro atoms. The fraction of sp³-hybridized carbons (Fsp3) is 0.250. The highest BCUT2D eigenvalue weighted by molar-refractivity contribution is 5.50. The van der Waals surface area contributed by atoms with Crippen LogP contribution in [-0.2, 0) is 0 Å². The third-order valence-corrected chi connectivity index (χ3v) is 1.57. The van der Waals surface area contributed by atoms with Gasteiger partial charge in [0.25, 0.3) is 5.69 Å². The maximum Gasteiger partial charge on any atom is 0.275 e. The summed E-state index contributed by atoms with van der Waals surface area (Å²) in [7, 11) is 3.08. The summed E-state index contributed by atoms with van der Waals surface area (Å²) in [4.78, 5) is 9.42. The molecule has 15 heavy (non-hydrogen) atoms. The van der Waals surface area contributed by atoms with Crippen LogP contribution in [-0.4, -0.2) is 24.0 Å². The number of hydrogen-bond donors (Lipinski definition) is 1. The number of hydrazine groups is 1. The van der Waals surface area contributed by atoms with Crippen LogP contribution >= 0.6 is 0 Å². The minimum atomic E-state index is -1.00. The number of nitrogens with zero attached hydrogens (tertiary/aromatic N) is 2. The van der Waals surface area contributed by atoms with E-state index in [0.717, 1.165) is 0 Å². The van der Waals surface area contributed by atoms with E-state index in [1.807, 2.05) is 0 Å². The molecule has 0 aliphatic rings. The number of anilines is 1. The van der Waals surface area contributed by atoms with Crippen LogP contribution in [0.4, 0.5) is 20.2 Å². The fourth-order valence-electron chi connectivity index (χ4n) is 0.996. The first-order valence-corrected chi connectivity index (χ1v) is 3.99. The van der Waals surface area contributed by atoms with E-state index in [-0.39, 0.29) is 0 Å². The zero-order valence-electron chi connectivity index (χ0n) is 8.12. The molecule has 82 valence electrons. The summed E-state index contributed by atoms with van der Waals surface area (Å²) in [6, 6.07) is 1.32. The van der Waals surface area contributed by atoms with E-state index in [0.29, 0.717) is 12.1 Å². The quantitative estimate of drug-likeness (QED) is 0.619. The van der Waals surface area contributed by atoms with Gasteiger partial charge in [-0.15, -0.1) is 0 Å². The van der Waals surface area contributed by atoms with Gasteiger partial charge in [0.05, 0.1) is 17.1 Å². The van der Waals surface area contributed by atoms with Crippen LogP contribution in [0, 0.1) is 21.7 Å². The first-order valence-electron chi connectivity index (χ1n) is 3.99. The molecule has 0 aliphatic carbocycles. The maximum atomic E-state index is 13.2. The Kier molecular flexibility index (Phi) is 3.15. The predicted octanol–water partition coefficient (Wildman–Crippen LogP) is 1.76. The van der Waals surface area contributed by atoms with Gasteiger partial charge in [-0.1, -0.05) is 0 Å². The molecule has 1 aromatic rings. The lowest BCUT2D eigenvalue weighted by Crippen LogP contribution is -2.21. The van der Waals surface area contributed by atoms with Crippen LogP contribution in [0.2, 0.25) is 0 Å². The second-order valence-corrected chi connectivity index (χ2v) is 3.05. The highest BCUT2D eigenvalue weighted by Crippen LogP contribution is 2.24. The fourth-order valence-corrected chi connectivity index (χ4v) is 0.996. The second kappa shape index (κ2) is 4.18. The van der Waals surface area contributed by atoms with Gasteiger partial charge in [-0.25, -0.2) is 13.8 Å². The molecular weight excluding hydrogens is 208 g/mol. The summed E-state index contributed by atoms with van der Waals surface area (Å²) < 4.78 is 26.4. The van der Waals surface area contributed by atoms with Crippen LogP contribution in [0.1, 0.15) is 0 Å². The molecule has 0 aromatic heterocycles. The Morgan fingerprint density at radius 3 is 2.13 bits per heavy atom. The molecule has 1 N–H and O–H groups in total. The van der Waals surface area contributed by atoms with E-state index >= 15 is 0 Å². The molecule has 1 rings (SSSR count). The number of rotatable bonds is 3. The third-order valence-electron chi connectivity index (χ3n) is 1.57. The molecule has 0 aliphatic heterocycles. The number of benzene rings is 1. The molecule has 0 saturated heterocycles. The van der Waals surface area contributed by atoms with Gasteiger partial charge in [0.2, 0.25) is 0 Å². The summed E-state index contributed by atoms with van der Waals surface area (Å²) >= 11 is 0. The van der Waals surface area contributed by atoms with E-state index in [9.17, 15) is 18.9 Å². The van der Waals surface area contributed by atoms with E-state index in [2.05, 4.69) is 5.43 Å². The van der Waals surface area contributed by atoms with Crippen molar-refractivity contribution < 1.29 is 13.7 Å². The average Bonchev–Trinajstić information content (AvgIpc) is 2.10. The number of nitrogens with one attached hydrogen (secondary N) is 1. The van der Waals surface area contributed by atoms with E-state index in [1.165, 1.54) is 5.01 Å². The van der Waals surface area contributed by atoms with Crippen molar-refractivity contribution in [3.63, 3.8) is 0 Å². The van der Waals surface area contributed by atoms with Crippen LogP contribution in [0.15, 0.2) is 12.1 Å². The molecule has 0 unspecified atom stereocenters. The lowest BCUT2D eigenvalue weighted by atomic mass is 10.2. The summed E-state index contributed by atoms with van der Waals surface area (Å²) in [6.45, 7) is 0. The zero-order valence-corrected chi connectivity index (χ0v) is 8.12. The summed E-state index contributed by atoms with van der Waals surface area (Å²) in [5.74, 6) is -2.01. The van der Waals surface area contributed by atoms with Gasteiger partial charge in [-0.3, -0.25) is 10.1 Å². The normalized spacial score (nSPS) is 10.5. The number of nitro benzene ring substituents is 1. The Balaban J connectivity index is 3.15. The molecule has 0 saturated carbocycles. The van der Waals surface area contributed by atoms with Gasteiger partial charge in [0.1, 0.15) is 5.69 Å². The third kappa shape index (κ3) is 2.59. The average molecular weight is 217 g/mol. The number of hydrogen-bond acceptors (Lipinski definition) is 4. The highest BCUT2D eigenvalue weighted by atomic mass is 19.1. The van der Waals surface area contributed by atoms with E-state index < -0.39 is 27.9 Å². The molecule has 0 fully saturated rings. The van der Waals surface area contributed by atoms with Crippen molar-refractivity contribution in [3.05, 3.63) is 33.9 Å². The molecule has 5 nitrogen and oxygen atoms in total. The van der Waals surface area contributed by atoms with Gasteiger partial charge in [-0.05, 0) is 0 Å². The van der Waals surface area contributed by atoms with Crippen molar-refractivity contribution >= 4 is 11.4 Å². The number of nitro groups is 1. The second-order valence-electron chi connectivity index (χ2n) is 3.05. The van der Waals surface area contributed by atoms with Gasteiger partial charge < -0.3 is 5.43 Å². The van der Waals surface area contributed by atoms with Crippen molar-refractivity contribution in [1.29, 1.82) is 0 Å². The van der Waals surface area contributed by atoms with Gasteiger partial charge in [0.15, 0.2) is 11.6 Å². The largest absolute Gasteiger partial charge is 0.314 e. The Morgan fingerprint density at radius 2 is 1.80 bits per heavy atom. The zero-order chi connectivity index (χ0) is 11.6. The van der Waals surface area contributed by atoms with Crippen LogP contribution < -0.4 is 5.43 Å². The Bertz CT molecular complexity index is 372. The van der Waals surface area contributed by atoms with Gasteiger partial charge in [0, 0.05) is 14.1 Å². The van der Waals surface area contributed by atoms with Crippen molar-refractivity contribution in [3.8, 4) is 0 Å². The predicted molar refractivity (Wildman–Crippen MR) is 50.3 cm³/mol. The molecular formula is C8H9F2N3O2. The minimum Gasteiger partial charge on any atom is -0.314 e. The van der Waals surface area contributed by atoms with Crippen molar-refractivity contribution in [2.45, 2.75) is 0 Å². The van der Waals surface area contributed by atoms with Crippen molar-refractivity contribution in [2.75, 3.05) is 19.5 Å². The summed E-state index contributed by atoms with van der Waals surface area (Å²) in [5, 5.41) is 11.6. The summed E-state index contributed by atoms with van der Waals surface area (Å²) in [6.07, 6.45) is 0. The molecule has 1 aromatic carbocycles. The maximum absolute atomic E-state index is 13.2. The monoisotopic (exact) mass is 217 g/mol. The standard InChI is InChI=1S/C8H9F2N3O2/c1-12(2)11-8-6(9)3-5(13(14)15)4-7(8)10/h3-4,11H,1-2H3. The van der Waals surface area contributed by atoms with Crippen molar-refractivity contribution in [2.24, 2.45) is 0 Å². The number of halogens is 2. The van der Waals surface area contributed by atoms with Crippen LogP contribution in [0.3, 0.4) is 0 Å². The Hall–Kier alpha value is -1.76. The lowest BCUT2D eigenvalue weighted by Gasteiger charge is -2.14. The molecule has 7 heteroatoms. The highest BCUT2D eigenvalue weighted by Gasteiger charge is 2.16. The topological polar surface area (TPSA) is 58.4 Å². The SMILES string of the molecule is CN(C)Nc1c(F)cc([N+](=O)[O-])cc1F. The first kappa shape index (κ1) is 11.3.